The van der Waals surface area contributed by atoms with Crippen LogP contribution in [0, 0.1) is 12.3 Å². The average molecular weight is 408 g/mol. The molecule has 1 heterocycles. The quantitative estimate of drug-likeness (QED) is 0.614. The van der Waals surface area contributed by atoms with Crippen LogP contribution in [0.25, 0.3) is 0 Å². The first-order chi connectivity index (χ1) is 13.3. The van der Waals surface area contributed by atoms with Crippen LogP contribution >= 0.6 is 0 Å². The van der Waals surface area contributed by atoms with Gasteiger partial charge < -0.3 is 9.47 Å². The van der Waals surface area contributed by atoms with Crippen LogP contribution in [0.5, 0.6) is 0 Å². The van der Waals surface area contributed by atoms with E-state index < -0.39 is 15.6 Å². The molecule has 0 unspecified atom stereocenters. The highest BCUT2D eigenvalue weighted by molar-refractivity contribution is 7.89. The lowest BCUT2D eigenvalue weighted by Crippen LogP contribution is -2.44. The van der Waals surface area contributed by atoms with E-state index in [9.17, 15) is 18.0 Å². The summed E-state index contributed by atoms with van der Waals surface area (Å²) in [6, 6.07) is 2.56. The van der Waals surface area contributed by atoms with Gasteiger partial charge in [-0.25, -0.2) is 8.42 Å². The van der Waals surface area contributed by atoms with Crippen molar-refractivity contribution >= 4 is 15.9 Å². The van der Waals surface area contributed by atoms with E-state index in [1.807, 2.05) is 0 Å². The Hall–Kier alpha value is -2.11. The van der Waals surface area contributed by atoms with Gasteiger partial charge in [0.25, 0.3) is 5.56 Å². The monoisotopic (exact) mass is 407 g/mol. The predicted octanol–water partition coefficient (Wildman–Crippen LogP) is 1.67. The van der Waals surface area contributed by atoms with Crippen molar-refractivity contribution in [3.8, 4) is 12.3 Å². The first-order valence-electron chi connectivity index (χ1n) is 9.78. The van der Waals surface area contributed by atoms with Gasteiger partial charge in [0.05, 0.1) is 11.4 Å². The van der Waals surface area contributed by atoms with E-state index in [1.165, 1.54) is 22.6 Å². The summed E-state index contributed by atoms with van der Waals surface area (Å²) < 4.78 is 27.9. The third kappa shape index (κ3) is 5.03. The molecule has 1 fully saturated rings. The molecule has 0 bridgehead atoms. The highest BCUT2D eigenvalue weighted by atomic mass is 32.2. The van der Waals surface area contributed by atoms with Gasteiger partial charge in [-0.2, -0.15) is 4.31 Å². The maximum atomic E-state index is 12.9. The highest BCUT2D eigenvalue weighted by Crippen LogP contribution is 2.23. The summed E-state index contributed by atoms with van der Waals surface area (Å²) in [6.45, 7) is 4.13. The van der Waals surface area contributed by atoms with Crippen molar-refractivity contribution in [2.45, 2.75) is 63.4 Å². The molecule has 1 aromatic heterocycles. The molecular formula is C20H29N3O4S. The van der Waals surface area contributed by atoms with Gasteiger partial charge in [0, 0.05) is 31.4 Å². The number of carbonyl (C=O) groups is 1. The van der Waals surface area contributed by atoms with Gasteiger partial charge in [-0.1, -0.05) is 39.0 Å². The maximum absolute atomic E-state index is 12.9. The minimum atomic E-state index is -3.71. The van der Waals surface area contributed by atoms with E-state index in [0.717, 1.165) is 36.7 Å². The second kappa shape index (κ2) is 9.89. The predicted molar refractivity (Wildman–Crippen MR) is 108 cm³/mol. The molecule has 1 aliphatic rings. The van der Waals surface area contributed by atoms with E-state index in [2.05, 4.69) is 5.92 Å². The Balaban J connectivity index is 2.28. The summed E-state index contributed by atoms with van der Waals surface area (Å²) in [5.74, 6) is 2.27. The van der Waals surface area contributed by atoms with Crippen molar-refractivity contribution in [1.82, 2.24) is 13.8 Å². The van der Waals surface area contributed by atoms with Crippen LogP contribution in [-0.2, 0) is 21.4 Å². The number of pyridine rings is 1. The Morgan fingerprint density at radius 3 is 2.43 bits per heavy atom. The summed E-state index contributed by atoms with van der Waals surface area (Å²) in [5, 5.41) is 0. The SMILES string of the molecule is C#CCN(C(=O)Cn1cc(S(=O)(=O)N(CC)CC)ccc1=O)C1CCCCC1. The number of nitrogens with zero attached hydrogens (tertiary/aromatic N) is 3. The molecule has 8 heteroatoms. The third-order valence-electron chi connectivity index (χ3n) is 5.20. The van der Waals surface area contributed by atoms with Crippen molar-refractivity contribution in [1.29, 1.82) is 0 Å². The fraction of sp³-hybridized carbons (Fsp3) is 0.600. The van der Waals surface area contributed by atoms with Crippen LogP contribution in [0.1, 0.15) is 46.0 Å². The topological polar surface area (TPSA) is 79.7 Å². The largest absolute Gasteiger partial charge is 0.327 e. The third-order valence-corrected chi connectivity index (χ3v) is 7.24. The molecular weight excluding hydrogens is 378 g/mol. The average Bonchev–Trinajstić information content (AvgIpc) is 2.69. The Bertz CT molecular complexity index is 875. The Labute approximate surface area is 167 Å². The second-order valence-corrected chi connectivity index (χ2v) is 8.88. The maximum Gasteiger partial charge on any atom is 0.251 e. The molecule has 154 valence electrons. The van der Waals surface area contributed by atoms with E-state index in [0.29, 0.717) is 13.1 Å². The minimum Gasteiger partial charge on any atom is -0.327 e. The van der Waals surface area contributed by atoms with E-state index in [1.54, 1.807) is 18.7 Å². The van der Waals surface area contributed by atoms with Crippen LogP contribution in [0.15, 0.2) is 28.0 Å². The van der Waals surface area contributed by atoms with Gasteiger partial charge in [0.15, 0.2) is 0 Å². The fourth-order valence-electron chi connectivity index (χ4n) is 3.65. The van der Waals surface area contributed by atoms with Crippen molar-refractivity contribution in [2.75, 3.05) is 19.6 Å². The van der Waals surface area contributed by atoms with Gasteiger partial charge in [-0.15, -0.1) is 6.42 Å². The van der Waals surface area contributed by atoms with Crippen molar-refractivity contribution < 1.29 is 13.2 Å². The molecule has 1 amide bonds. The number of sulfonamides is 1. The molecule has 28 heavy (non-hydrogen) atoms. The normalized spacial score (nSPS) is 15.4. The van der Waals surface area contributed by atoms with Gasteiger partial charge >= 0.3 is 0 Å². The molecule has 0 N–H and O–H groups in total. The number of hydrogen-bond donors (Lipinski definition) is 0. The fourth-order valence-corrected chi connectivity index (χ4v) is 5.13. The van der Waals surface area contributed by atoms with Gasteiger partial charge in [0.2, 0.25) is 15.9 Å². The summed E-state index contributed by atoms with van der Waals surface area (Å²) in [5.41, 5.74) is -0.420. The highest BCUT2D eigenvalue weighted by Gasteiger charge is 2.26. The number of hydrogen-bond acceptors (Lipinski definition) is 4. The molecule has 0 radical (unpaired) electrons. The Kier molecular flexibility index (Phi) is 7.84. The first kappa shape index (κ1) is 22.2. The zero-order valence-corrected chi connectivity index (χ0v) is 17.5. The summed E-state index contributed by atoms with van der Waals surface area (Å²) in [4.78, 5) is 26.8. The molecule has 0 aliphatic heterocycles. The van der Waals surface area contributed by atoms with Gasteiger partial charge in [-0.3, -0.25) is 9.59 Å². The molecule has 1 aromatic rings. The second-order valence-electron chi connectivity index (χ2n) is 6.94. The first-order valence-corrected chi connectivity index (χ1v) is 11.2. The molecule has 7 nitrogen and oxygen atoms in total. The van der Waals surface area contributed by atoms with Gasteiger partial charge in [-0.05, 0) is 18.9 Å². The lowest BCUT2D eigenvalue weighted by Gasteiger charge is -2.33. The number of amides is 1. The zero-order valence-electron chi connectivity index (χ0n) is 16.6. The minimum absolute atomic E-state index is 0.00441. The van der Waals surface area contributed by atoms with Crippen LogP contribution in [-0.4, -0.2) is 53.8 Å². The van der Waals surface area contributed by atoms with Crippen molar-refractivity contribution in [2.24, 2.45) is 0 Å². The molecule has 0 saturated heterocycles. The molecule has 0 atom stereocenters. The van der Waals surface area contributed by atoms with Crippen LogP contribution in [0.2, 0.25) is 0 Å². The van der Waals surface area contributed by atoms with Crippen LogP contribution < -0.4 is 5.56 Å². The molecule has 0 aromatic carbocycles. The van der Waals surface area contributed by atoms with E-state index >= 15 is 0 Å². The lowest BCUT2D eigenvalue weighted by molar-refractivity contribution is -0.134. The molecule has 1 saturated carbocycles. The Morgan fingerprint density at radius 1 is 1.21 bits per heavy atom. The summed E-state index contributed by atoms with van der Waals surface area (Å²) >= 11 is 0. The lowest BCUT2D eigenvalue weighted by atomic mass is 9.94. The van der Waals surface area contributed by atoms with E-state index in [-0.39, 0.29) is 29.9 Å². The van der Waals surface area contributed by atoms with Gasteiger partial charge in [0.1, 0.15) is 6.54 Å². The van der Waals surface area contributed by atoms with Crippen LogP contribution in [0.3, 0.4) is 0 Å². The molecule has 2 rings (SSSR count). The number of terminal acetylenes is 1. The zero-order chi connectivity index (χ0) is 20.7. The standard InChI is InChI=1S/C20H29N3O4S/c1-4-14-23(17-10-8-7-9-11-17)20(25)16-21-15-18(12-13-19(21)24)28(26,27)22(5-2)6-3/h1,12-13,15,17H,5-11,14,16H2,2-3H3. The summed E-state index contributed by atoms with van der Waals surface area (Å²) in [7, 11) is -3.71. The smallest absolute Gasteiger partial charge is 0.251 e. The van der Waals surface area contributed by atoms with Crippen molar-refractivity contribution in [3.63, 3.8) is 0 Å². The number of rotatable bonds is 8. The summed E-state index contributed by atoms with van der Waals surface area (Å²) in [6.07, 6.45) is 11.8. The Morgan fingerprint density at radius 2 is 1.86 bits per heavy atom. The molecule has 1 aliphatic carbocycles. The van der Waals surface area contributed by atoms with Crippen LogP contribution in [0.4, 0.5) is 0 Å². The van der Waals surface area contributed by atoms with E-state index in [4.69, 9.17) is 6.42 Å². The number of aromatic nitrogens is 1. The number of carbonyl (C=O) groups excluding carboxylic acids is 1. The molecule has 0 spiro atoms. The van der Waals surface area contributed by atoms with Crippen molar-refractivity contribution in [3.05, 3.63) is 28.7 Å².